The van der Waals surface area contributed by atoms with E-state index in [1.165, 1.54) is 17.7 Å². The summed E-state index contributed by atoms with van der Waals surface area (Å²) in [6.07, 6.45) is 3.97. The minimum absolute atomic E-state index is 0.155. The lowest BCUT2D eigenvalue weighted by Gasteiger charge is -2.38. The number of sulfonamides is 1. The van der Waals surface area contributed by atoms with Crippen LogP contribution in [0, 0.1) is 0 Å². The molecule has 168 valence electrons. The Kier molecular flexibility index (Phi) is 8.54. The van der Waals surface area contributed by atoms with E-state index >= 15 is 0 Å². The fraction of sp³-hybridized carbons (Fsp3) is 0.435. The van der Waals surface area contributed by atoms with Gasteiger partial charge in [0.25, 0.3) is 0 Å². The van der Waals surface area contributed by atoms with E-state index in [0.717, 1.165) is 12.8 Å². The van der Waals surface area contributed by atoms with Gasteiger partial charge in [-0.15, -0.1) is 0 Å². The molecule has 31 heavy (non-hydrogen) atoms. The number of rotatable bonds is 10. The first-order valence-corrected chi connectivity index (χ1v) is 13.3. The molecule has 6 nitrogen and oxygen atoms in total. The largest absolute Gasteiger partial charge is 0.381 e. The van der Waals surface area contributed by atoms with Crippen LogP contribution in [0.15, 0.2) is 65.6 Å². The third-order valence-electron chi connectivity index (χ3n) is 5.72. The maximum absolute atomic E-state index is 13.1. The van der Waals surface area contributed by atoms with Gasteiger partial charge in [0, 0.05) is 25.2 Å². The molecular formula is C23H30N2O4S2. The Labute approximate surface area is 189 Å². The molecule has 1 unspecified atom stereocenters. The summed E-state index contributed by atoms with van der Waals surface area (Å²) in [5.74, 6) is 0.378. The number of hydrogen-bond acceptors (Lipinski definition) is 5. The van der Waals surface area contributed by atoms with Gasteiger partial charge < -0.3 is 10.1 Å². The van der Waals surface area contributed by atoms with Crippen LogP contribution < -0.4 is 10.0 Å². The monoisotopic (exact) mass is 462 g/mol. The highest BCUT2D eigenvalue weighted by Gasteiger charge is 2.35. The molecule has 0 aliphatic carbocycles. The fourth-order valence-corrected chi connectivity index (χ4v) is 5.56. The zero-order valence-corrected chi connectivity index (χ0v) is 19.4. The molecule has 1 heterocycles. The van der Waals surface area contributed by atoms with E-state index < -0.39 is 16.1 Å². The molecule has 0 bridgehead atoms. The van der Waals surface area contributed by atoms with Gasteiger partial charge in [0.05, 0.1) is 4.90 Å². The summed E-state index contributed by atoms with van der Waals surface area (Å²) < 4.78 is 33.7. The minimum Gasteiger partial charge on any atom is -0.381 e. The Morgan fingerprint density at radius 2 is 1.68 bits per heavy atom. The van der Waals surface area contributed by atoms with Gasteiger partial charge in [-0.05, 0) is 49.0 Å². The van der Waals surface area contributed by atoms with E-state index in [1.54, 1.807) is 30.0 Å². The topological polar surface area (TPSA) is 84.5 Å². The molecule has 2 aromatic carbocycles. The average molecular weight is 463 g/mol. The molecule has 0 radical (unpaired) electrons. The molecule has 0 aromatic heterocycles. The standard InChI is InChI=1S/C23H30N2O4S2/c1-30-17-12-21(25-31(27,28)20-10-6-3-7-11-20)22(26)24-18-23(13-15-29-16-14-23)19-8-4-2-5-9-19/h2-11,21,25H,12-18H2,1H3,(H,24,26). The minimum atomic E-state index is -3.79. The van der Waals surface area contributed by atoms with Crippen LogP contribution in [0.3, 0.4) is 0 Å². The third kappa shape index (κ3) is 6.32. The molecule has 8 heteroatoms. The van der Waals surface area contributed by atoms with E-state index in [9.17, 15) is 13.2 Å². The van der Waals surface area contributed by atoms with Crippen molar-refractivity contribution in [3.05, 3.63) is 66.2 Å². The molecule has 1 atom stereocenters. The van der Waals surface area contributed by atoms with Crippen LogP contribution in [0.4, 0.5) is 0 Å². The number of nitrogens with one attached hydrogen (secondary N) is 2. The summed E-state index contributed by atoms with van der Waals surface area (Å²) in [6, 6.07) is 17.5. The van der Waals surface area contributed by atoms with Gasteiger partial charge in [-0.25, -0.2) is 8.42 Å². The smallest absolute Gasteiger partial charge is 0.241 e. The first-order valence-electron chi connectivity index (χ1n) is 10.4. The lowest BCUT2D eigenvalue weighted by atomic mass is 9.74. The van der Waals surface area contributed by atoms with E-state index in [-0.39, 0.29) is 16.2 Å². The molecular weight excluding hydrogens is 432 g/mol. The summed E-state index contributed by atoms with van der Waals surface area (Å²) in [4.78, 5) is 13.3. The number of carbonyl (C=O) groups is 1. The predicted molar refractivity (Wildman–Crippen MR) is 125 cm³/mol. The molecule has 0 spiro atoms. The van der Waals surface area contributed by atoms with Crippen LogP contribution in [-0.2, 0) is 25.0 Å². The highest BCUT2D eigenvalue weighted by atomic mass is 32.2. The second-order valence-corrected chi connectivity index (χ2v) is 10.4. The zero-order valence-electron chi connectivity index (χ0n) is 17.8. The van der Waals surface area contributed by atoms with Crippen molar-refractivity contribution in [2.24, 2.45) is 0 Å². The number of ether oxygens (including phenoxy) is 1. The number of benzene rings is 2. The van der Waals surface area contributed by atoms with Crippen LogP contribution in [0.25, 0.3) is 0 Å². The molecule has 3 rings (SSSR count). The summed E-state index contributed by atoms with van der Waals surface area (Å²) in [7, 11) is -3.79. The molecule has 2 N–H and O–H groups in total. The summed E-state index contributed by atoms with van der Waals surface area (Å²) in [6.45, 7) is 1.73. The number of hydrogen-bond donors (Lipinski definition) is 2. The Morgan fingerprint density at radius 3 is 2.29 bits per heavy atom. The van der Waals surface area contributed by atoms with E-state index in [2.05, 4.69) is 22.2 Å². The van der Waals surface area contributed by atoms with E-state index in [0.29, 0.717) is 31.9 Å². The number of thioether (sulfide) groups is 1. The van der Waals surface area contributed by atoms with Crippen LogP contribution in [0.5, 0.6) is 0 Å². The van der Waals surface area contributed by atoms with Crippen molar-refractivity contribution in [2.75, 3.05) is 31.8 Å². The van der Waals surface area contributed by atoms with Crippen molar-refractivity contribution < 1.29 is 17.9 Å². The Balaban J connectivity index is 1.74. The van der Waals surface area contributed by atoms with E-state index in [4.69, 9.17) is 4.74 Å². The quantitative estimate of drug-likeness (QED) is 0.567. The lowest BCUT2D eigenvalue weighted by molar-refractivity contribution is -0.123. The van der Waals surface area contributed by atoms with Crippen molar-refractivity contribution in [2.45, 2.75) is 35.6 Å². The number of amides is 1. The molecule has 2 aromatic rings. The van der Waals surface area contributed by atoms with Crippen molar-refractivity contribution in [1.29, 1.82) is 0 Å². The van der Waals surface area contributed by atoms with Gasteiger partial charge in [-0.1, -0.05) is 48.5 Å². The first-order chi connectivity index (χ1) is 15.0. The maximum atomic E-state index is 13.1. The molecule has 1 fully saturated rings. The second kappa shape index (κ2) is 11.1. The first kappa shape index (κ1) is 23.8. The summed E-state index contributed by atoms with van der Waals surface area (Å²) in [5, 5.41) is 3.04. The number of carbonyl (C=O) groups excluding carboxylic acids is 1. The molecule has 0 saturated carbocycles. The lowest BCUT2D eigenvalue weighted by Crippen LogP contribution is -2.51. The van der Waals surface area contributed by atoms with Gasteiger partial charge in [0.2, 0.25) is 15.9 Å². The fourth-order valence-electron chi connectivity index (χ4n) is 3.84. The molecule has 1 aliphatic heterocycles. The van der Waals surface area contributed by atoms with E-state index in [1.807, 2.05) is 24.5 Å². The van der Waals surface area contributed by atoms with Gasteiger partial charge in [0.15, 0.2) is 0 Å². The second-order valence-electron chi connectivity index (χ2n) is 7.74. The average Bonchev–Trinajstić information content (AvgIpc) is 2.82. The summed E-state index contributed by atoms with van der Waals surface area (Å²) in [5.41, 5.74) is 0.960. The van der Waals surface area contributed by atoms with Crippen LogP contribution in [0.1, 0.15) is 24.8 Å². The van der Waals surface area contributed by atoms with Gasteiger partial charge >= 0.3 is 0 Å². The Morgan fingerprint density at radius 1 is 1.06 bits per heavy atom. The Bertz CT molecular complexity index is 931. The highest BCUT2D eigenvalue weighted by Crippen LogP contribution is 2.34. The molecule has 1 aliphatic rings. The highest BCUT2D eigenvalue weighted by molar-refractivity contribution is 7.98. The van der Waals surface area contributed by atoms with Crippen LogP contribution in [0.2, 0.25) is 0 Å². The van der Waals surface area contributed by atoms with Crippen molar-refractivity contribution >= 4 is 27.7 Å². The zero-order chi connectivity index (χ0) is 22.2. The molecule has 1 saturated heterocycles. The van der Waals surface area contributed by atoms with Crippen LogP contribution in [-0.4, -0.2) is 52.1 Å². The third-order valence-corrected chi connectivity index (χ3v) is 7.85. The SMILES string of the molecule is CSCCC(NS(=O)(=O)c1ccccc1)C(=O)NCC1(c2ccccc2)CCOCC1. The Hall–Kier alpha value is -1.87. The normalized spacial score (nSPS) is 17.1. The molecule has 1 amide bonds. The van der Waals surface area contributed by atoms with Crippen molar-refractivity contribution in [3.63, 3.8) is 0 Å². The van der Waals surface area contributed by atoms with Gasteiger partial charge in [0.1, 0.15) is 6.04 Å². The van der Waals surface area contributed by atoms with Crippen molar-refractivity contribution in [3.8, 4) is 0 Å². The van der Waals surface area contributed by atoms with Crippen molar-refractivity contribution in [1.82, 2.24) is 10.0 Å². The van der Waals surface area contributed by atoms with Gasteiger partial charge in [-0.3, -0.25) is 4.79 Å². The summed E-state index contributed by atoms with van der Waals surface area (Å²) >= 11 is 1.58. The maximum Gasteiger partial charge on any atom is 0.241 e. The van der Waals surface area contributed by atoms with Gasteiger partial charge in [-0.2, -0.15) is 16.5 Å². The van der Waals surface area contributed by atoms with Crippen LogP contribution >= 0.6 is 11.8 Å². The predicted octanol–water partition coefficient (Wildman–Crippen LogP) is 2.95.